The lowest BCUT2D eigenvalue weighted by atomic mass is 10.1. The van der Waals surface area contributed by atoms with Crippen molar-refractivity contribution in [3.05, 3.63) is 80.8 Å². The van der Waals surface area contributed by atoms with E-state index in [-0.39, 0.29) is 29.6 Å². The molecular formula is C23H23ClN2O5S2. The number of nitrogens with one attached hydrogen (secondary N) is 1. The van der Waals surface area contributed by atoms with Gasteiger partial charge in [0, 0.05) is 34.4 Å². The lowest BCUT2D eigenvalue weighted by molar-refractivity contribution is -0.143. The molecule has 3 aromatic rings. The molecule has 0 spiro atoms. The van der Waals surface area contributed by atoms with E-state index in [1.165, 1.54) is 41.8 Å². The summed E-state index contributed by atoms with van der Waals surface area (Å²) in [5, 5.41) is 0.445. The van der Waals surface area contributed by atoms with Crippen molar-refractivity contribution in [1.82, 2.24) is 9.71 Å². The van der Waals surface area contributed by atoms with Gasteiger partial charge in [-0.15, -0.1) is 11.3 Å². The number of aryl methyl sites for hydroxylation is 1. The Morgan fingerprint density at radius 2 is 1.91 bits per heavy atom. The lowest BCUT2D eigenvalue weighted by Crippen LogP contribution is -2.26. The third-order valence-electron chi connectivity index (χ3n) is 4.68. The zero-order valence-electron chi connectivity index (χ0n) is 17.9. The minimum atomic E-state index is -3.71. The quantitative estimate of drug-likeness (QED) is 0.311. The molecule has 174 valence electrons. The van der Waals surface area contributed by atoms with Crippen LogP contribution in [0.5, 0.6) is 0 Å². The molecular weight excluding hydrogens is 484 g/mol. The van der Waals surface area contributed by atoms with Crippen LogP contribution in [-0.2, 0) is 32.4 Å². The highest BCUT2D eigenvalue weighted by Gasteiger charge is 2.20. The lowest BCUT2D eigenvalue weighted by Gasteiger charge is -2.07. The molecule has 0 amide bonds. The Labute approximate surface area is 201 Å². The van der Waals surface area contributed by atoms with E-state index in [0.717, 1.165) is 4.88 Å². The highest BCUT2D eigenvalue weighted by atomic mass is 35.5. The number of sulfonamides is 1. The molecule has 1 aromatic carbocycles. The maximum Gasteiger partial charge on any atom is 0.306 e. The monoisotopic (exact) mass is 506 g/mol. The number of pyridine rings is 1. The molecule has 10 heteroatoms. The van der Waals surface area contributed by atoms with E-state index in [0.29, 0.717) is 40.5 Å². The molecule has 2 heterocycles. The highest BCUT2D eigenvalue weighted by molar-refractivity contribution is 7.89. The minimum absolute atomic E-state index is 0.104. The van der Waals surface area contributed by atoms with Gasteiger partial charge in [-0.1, -0.05) is 11.6 Å². The van der Waals surface area contributed by atoms with Gasteiger partial charge in [0.25, 0.3) is 0 Å². The fourth-order valence-corrected chi connectivity index (χ4v) is 5.42. The number of esters is 1. The van der Waals surface area contributed by atoms with Crippen molar-refractivity contribution in [2.45, 2.75) is 31.1 Å². The summed E-state index contributed by atoms with van der Waals surface area (Å²) in [6.07, 6.45) is 4.03. The second kappa shape index (κ2) is 11.5. The van der Waals surface area contributed by atoms with E-state index in [2.05, 4.69) is 9.71 Å². The van der Waals surface area contributed by atoms with Crippen LogP contribution in [-0.4, -0.2) is 38.3 Å². The summed E-state index contributed by atoms with van der Waals surface area (Å²) in [4.78, 5) is 30.3. The molecule has 0 aliphatic carbocycles. The molecule has 7 nitrogen and oxygen atoms in total. The number of halogens is 1. The molecule has 0 aliphatic heterocycles. The molecule has 0 saturated heterocycles. The Morgan fingerprint density at radius 1 is 1.15 bits per heavy atom. The van der Waals surface area contributed by atoms with Gasteiger partial charge >= 0.3 is 5.97 Å². The van der Waals surface area contributed by atoms with Crippen molar-refractivity contribution in [1.29, 1.82) is 0 Å². The van der Waals surface area contributed by atoms with Crippen LogP contribution in [0.1, 0.15) is 39.0 Å². The molecule has 1 N–H and O–H groups in total. The number of ketones is 1. The Morgan fingerprint density at radius 3 is 2.58 bits per heavy atom. The predicted molar refractivity (Wildman–Crippen MR) is 127 cm³/mol. The summed E-state index contributed by atoms with van der Waals surface area (Å²) in [6, 6.07) is 11.1. The Balaban J connectivity index is 1.76. The van der Waals surface area contributed by atoms with Gasteiger partial charge in [-0.2, -0.15) is 0 Å². The summed E-state index contributed by atoms with van der Waals surface area (Å²) in [6.45, 7) is 2.16. The van der Waals surface area contributed by atoms with Crippen LogP contribution in [0.4, 0.5) is 0 Å². The van der Waals surface area contributed by atoms with Gasteiger partial charge in [0.15, 0.2) is 0 Å². The average molecular weight is 507 g/mol. The number of benzene rings is 1. The standard InChI is InChI=1S/C23H23ClN2O5S2/c1-2-31-21(27)10-7-19-14-16(23(32-19)22(28)17-4-3-12-25-15-17)11-13-26-33(29,30)20-8-5-18(24)6-9-20/h3-6,8-9,12,14-15,26H,2,7,10-11,13H2,1H3. The van der Waals surface area contributed by atoms with Gasteiger partial charge in [0.2, 0.25) is 15.8 Å². The topological polar surface area (TPSA) is 102 Å². The zero-order valence-corrected chi connectivity index (χ0v) is 20.3. The van der Waals surface area contributed by atoms with Crippen LogP contribution in [0.25, 0.3) is 0 Å². The second-order valence-electron chi connectivity index (χ2n) is 7.04. The van der Waals surface area contributed by atoms with Crippen molar-refractivity contribution >= 4 is 44.7 Å². The summed E-state index contributed by atoms with van der Waals surface area (Å²) in [7, 11) is -3.71. The van der Waals surface area contributed by atoms with Crippen molar-refractivity contribution in [3.8, 4) is 0 Å². The Bertz CT molecular complexity index is 1210. The first kappa shape index (κ1) is 25.0. The van der Waals surface area contributed by atoms with E-state index >= 15 is 0 Å². The molecule has 0 saturated carbocycles. The molecule has 3 rings (SSSR count). The van der Waals surface area contributed by atoms with Crippen LogP contribution in [0.15, 0.2) is 59.8 Å². The van der Waals surface area contributed by atoms with Gasteiger partial charge in [-0.25, -0.2) is 13.1 Å². The number of nitrogens with zero attached hydrogens (tertiary/aromatic N) is 1. The van der Waals surface area contributed by atoms with Gasteiger partial charge < -0.3 is 4.74 Å². The van der Waals surface area contributed by atoms with Crippen LogP contribution < -0.4 is 4.72 Å². The van der Waals surface area contributed by atoms with Crippen molar-refractivity contribution < 1.29 is 22.7 Å². The first-order valence-corrected chi connectivity index (χ1v) is 12.9. The zero-order chi connectivity index (χ0) is 23.8. The fraction of sp³-hybridized carbons (Fsp3) is 0.261. The summed E-state index contributed by atoms with van der Waals surface area (Å²) in [5.41, 5.74) is 1.16. The Hall–Kier alpha value is -2.59. The summed E-state index contributed by atoms with van der Waals surface area (Å²) >= 11 is 7.13. The first-order valence-electron chi connectivity index (χ1n) is 10.3. The van der Waals surface area contributed by atoms with E-state index in [9.17, 15) is 18.0 Å². The van der Waals surface area contributed by atoms with Crippen molar-refractivity contribution in [2.75, 3.05) is 13.2 Å². The van der Waals surface area contributed by atoms with Gasteiger partial charge in [0.1, 0.15) is 0 Å². The van der Waals surface area contributed by atoms with E-state index < -0.39 is 10.0 Å². The Kier molecular flexibility index (Phi) is 8.74. The van der Waals surface area contributed by atoms with Crippen molar-refractivity contribution in [2.24, 2.45) is 0 Å². The van der Waals surface area contributed by atoms with E-state index in [1.54, 1.807) is 25.3 Å². The molecule has 33 heavy (non-hydrogen) atoms. The van der Waals surface area contributed by atoms with Crippen molar-refractivity contribution in [3.63, 3.8) is 0 Å². The summed E-state index contributed by atoms with van der Waals surface area (Å²) in [5.74, 6) is -0.491. The SMILES string of the molecule is CCOC(=O)CCc1cc(CCNS(=O)(=O)c2ccc(Cl)cc2)c(C(=O)c2cccnc2)s1. The molecule has 0 aliphatic rings. The normalized spacial score (nSPS) is 11.3. The number of hydrogen-bond acceptors (Lipinski definition) is 7. The van der Waals surface area contributed by atoms with Crippen LogP contribution in [0.3, 0.4) is 0 Å². The van der Waals surface area contributed by atoms with Gasteiger partial charge in [-0.3, -0.25) is 14.6 Å². The average Bonchev–Trinajstić information content (AvgIpc) is 3.21. The smallest absolute Gasteiger partial charge is 0.306 e. The van der Waals surface area contributed by atoms with Crippen LogP contribution in [0, 0.1) is 0 Å². The van der Waals surface area contributed by atoms with Gasteiger partial charge in [0.05, 0.1) is 22.8 Å². The first-order chi connectivity index (χ1) is 15.8. The molecule has 0 radical (unpaired) electrons. The number of rotatable bonds is 11. The molecule has 2 aromatic heterocycles. The molecule has 0 bridgehead atoms. The number of carbonyl (C=O) groups is 2. The maximum atomic E-state index is 13.1. The van der Waals surface area contributed by atoms with Crippen LogP contribution >= 0.6 is 22.9 Å². The molecule has 0 atom stereocenters. The second-order valence-corrected chi connectivity index (χ2v) is 10.4. The number of ether oxygens (including phenoxy) is 1. The van der Waals surface area contributed by atoms with Crippen LogP contribution in [0.2, 0.25) is 5.02 Å². The largest absolute Gasteiger partial charge is 0.466 e. The minimum Gasteiger partial charge on any atom is -0.466 e. The van der Waals surface area contributed by atoms with E-state index in [1.807, 2.05) is 6.07 Å². The predicted octanol–water partition coefficient (Wildman–Crippen LogP) is 4.04. The maximum absolute atomic E-state index is 13.1. The third-order valence-corrected chi connectivity index (χ3v) is 7.65. The molecule has 0 fully saturated rings. The number of carbonyl (C=O) groups excluding carboxylic acids is 2. The number of hydrogen-bond donors (Lipinski definition) is 1. The fourth-order valence-electron chi connectivity index (χ4n) is 3.09. The van der Waals surface area contributed by atoms with E-state index in [4.69, 9.17) is 16.3 Å². The highest BCUT2D eigenvalue weighted by Crippen LogP contribution is 2.27. The third kappa shape index (κ3) is 6.94. The number of aromatic nitrogens is 1. The van der Waals surface area contributed by atoms with Gasteiger partial charge in [-0.05, 0) is 67.8 Å². The summed E-state index contributed by atoms with van der Waals surface area (Å²) < 4.78 is 32.6. The number of thiophene rings is 1. The molecule has 0 unspecified atom stereocenters.